The maximum absolute atomic E-state index is 14.7. The fraction of sp³-hybridized carbons (Fsp3) is 0.661. The highest BCUT2D eigenvalue weighted by Gasteiger charge is 2.44. The quantitative estimate of drug-likeness (QED) is 0.0496. The molecule has 3 rings (SSSR count). The van der Waals surface area contributed by atoms with Gasteiger partial charge in [0.15, 0.2) is 5.78 Å². The molecule has 6 N–H and O–H groups in total. The van der Waals surface area contributed by atoms with Gasteiger partial charge in [-0.25, -0.2) is 9.59 Å². The maximum Gasteiger partial charge on any atom is 0.410 e. The van der Waals surface area contributed by atoms with Crippen LogP contribution in [0, 0.1) is 35.5 Å². The number of primary amides is 1. The number of nitrogens with two attached hydrogens (primary N) is 1. The highest BCUT2D eigenvalue weighted by Crippen LogP contribution is 2.32. The van der Waals surface area contributed by atoms with Gasteiger partial charge in [0.2, 0.25) is 23.6 Å². The Morgan fingerprint density at radius 2 is 1.47 bits per heavy atom. The van der Waals surface area contributed by atoms with Crippen LogP contribution in [0.3, 0.4) is 0 Å². The minimum atomic E-state index is -0.913. The number of hydrogen-bond donors (Lipinski definition) is 5. The molecule has 0 aromatic heterocycles. The fourth-order valence-corrected chi connectivity index (χ4v) is 10.3. The number of amides is 7. The van der Waals surface area contributed by atoms with Crippen molar-refractivity contribution in [2.45, 2.75) is 163 Å². The number of aliphatic hydroxyl groups excluding tert-OH is 1. The molecule has 2 aromatic rings. The number of anilines is 1. The van der Waals surface area contributed by atoms with Gasteiger partial charge in [-0.15, -0.1) is 0 Å². The van der Waals surface area contributed by atoms with E-state index in [9.17, 15) is 38.7 Å². The van der Waals surface area contributed by atoms with Crippen molar-refractivity contribution in [1.82, 2.24) is 25.3 Å². The number of likely N-dealkylation sites (N-methyl/N-ethyl adjacent to an activating group) is 2. The number of Topliss-reactive ketones (excluding diaryl/α,β-unsaturated/α-hetero) is 1. The van der Waals surface area contributed by atoms with Crippen molar-refractivity contribution in [3.63, 3.8) is 0 Å². The molecule has 0 bridgehead atoms. The number of urea groups is 1. The summed E-state index contributed by atoms with van der Waals surface area (Å²) in [5.74, 6) is -3.52. The van der Waals surface area contributed by atoms with Crippen LogP contribution in [0.25, 0.3) is 0 Å². The Balaban J connectivity index is 1.69. The molecule has 414 valence electrons. The molecular weight excluding hydrogens is 947 g/mol. The fourth-order valence-electron chi connectivity index (χ4n) is 10.3. The van der Waals surface area contributed by atoms with E-state index in [4.69, 9.17) is 19.9 Å². The molecule has 1 saturated heterocycles. The van der Waals surface area contributed by atoms with Crippen LogP contribution in [-0.4, -0.2) is 139 Å². The van der Waals surface area contributed by atoms with Gasteiger partial charge in [0.05, 0.1) is 54.8 Å². The zero-order valence-corrected chi connectivity index (χ0v) is 46.4. The second-order valence-corrected chi connectivity index (χ2v) is 20.8. The van der Waals surface area contributed by atoms with Crippen LogP contribution in [0.1, 0.15) is 131 Å². The van der Waals surface area contributed by atoms with Crippen LogP contribution < -0.4 is 21.7 Å². The lowest BCUT2D eigenvalue weighted by Crippen LogP contribution is -2.55. The van der Waals surface area contributed by atoms with Gasteiger partial charge in [0.25, 0.3) is 0 Å². The first-order valence-electron chi connectivity index (χ1n) is 26.5. The topological polar surface area (TPSA) is 239 Å². The molecule has 1 aliphatic heterocycles. The number of likely N-dealkylation sites (tertiary alicyclic amines) is 1. The van der Waals surface area contributed by atoms with E-state index >= 15 is 0 Å². The summed E-state index contributed by atoms with van der Waals surface area (Å²) in [5, 5.41) is 19.3. The molecular formula is C56H89N7O11. The van der Waals surface area contributed by atoms with Crippen LogP contribution >= 0.6 is 0 Å². The Labute approximate surface area is 440 Å². The first-order valence-corrected chi connectivity index (χ1v) is 26.5. The van der Waals surface area contributed by atoms with Gasteiger partial charge in [-0.05, 0) is 80.0 Å². The first-order chi connectivity index (χ1) is 35.0. The van der Waals surface area contributed by atoms with Gasteiger partial charge in [-0.2, -0.15) is 0 Å². The van der Waals surface area contributed by atoms with E-state index in [2.05, 4.69) is 16.0 Å². The second-order valence-electron chi connectivity index (χ2n) is 20.8. The van der Waals surface area contributed by atoms with Gasteiger partial charge in [0, 0.05) is 65.3 Å². The third-order valence-electron chi connectivity index (χ3n) is 14.9. The van der Waals surface area contributed by atoms with Crippen LogP contribution in [0.15, 0.2) is 54.6 Å². The minimum Gasteiger partial charge on any atom is -0.445 e. The number of carbonyl (C=O) groups is 7. The SMILES string of the molecule is CCC(C)[C@@H]([C@@H](CC(=O)N1CCC[C@H]1[C@H](OC)[C@@H](C)C(=O)N[C@H](C)[C@@H](O)c1ccccc1)OC)N(C)C(=O)[C@@H](CC(=O)[C@H](C(C)C)N(C)C(=O)OCc1ccc(NC(=O)[C@@H](CC)CCCNC(N)=O)cc1)C(C)C. The lowest BCUT2D eigenvalue weighted by atomic mass is 9.83. The summed E-state index contributed by atoms with van der Waals surface area (Å²) in [6.07, 6.45) is 0.703. The molecule has 0 radical (unpaired) electrons. The maximum atomic E-state index is 14.7. The minimum absolute atomic E-state index is 0.0370. The Morgan fingerprint density at radius 3 is 2.03 bits per heavy atom. The average molecular weight is 1040 g/mol. The van der Waals surface area contributed by atoms with Crippen molar-refractivity contribution < 1.29 is 52.9 Å². The van der Waals surface area contributed by atoms with E-state index in [0.717, 1.165) is 0 Å². The molecule has 1 aliphatic rings. The molecule has 7 amide bonds. The van der Waals surface area contributed by atoms with Crippen molar-refractivity contribution >= 4 is 47.2 Å². The van der Waals surface area contributed by atoms with Gasteiger partial charge in [-0.1, -0.05) is 104 Å². The zero-order valence-electron chi connectivity index (χ0n) is 46.4. The van der Waals surface area contributed by atoms with Gasteiger partial charge in [-0.3, -0.25) is 24.0 Å². The molecule has 2 aromatic carbocycles. The Kier molecular flexibility index (Phi) is 26.0. The summed E-state index contributed by atoms with van der Waals surface area (Å²) in [7, 11) is 6.28. The van der Waals surface area contributed by atoms with Crippen molar-refractivity contribution in [1.29, 1.82) is 0 Å². The number of aliphatic hydroxyl groups is 1. The lowest BCUT2D eigenvalue weighted by Gasteiger charge is -2.41. The number of nitrogens with zero attached hydrogens (tertiary/aromatic N) is 3. The summed E-state index contributed by atoms with van der Waals surface area (Å²) >= 11 is 0. The summed E-state index contributed by atoms with van der Waals surface area (Å²) in [5.41, 5.74) is 7.06. The van der Waals surface area contributed by atoms with Crippen molar-refractivity contribution in [3.05, 3.63) is 65.7 Å². The molecule has 1 fully saturated rings. The summed E-state index contributed by atoms with van der Waals surface area (Å²) in [6.45, 7) is 17.7. The third-order valence-corrected chi connectivity index (χ3v) is 14.9. The van der Waals surface area contributed by atoms with Gasteiger partial charge < -0.3 is 55.7 Å². The molecule has 18 heteroatoms. The Bertz CT molecular complexity index is 2110. The highest BCUT2D eigenvalue weighted by atomic mass is 16.6. The number of rotatable bonds is 30. The number of nitrogens with one attached hydrogen (secondary N) is 3. The van der Waals surface area contributed by atoms with E-state index in [-0.39, 0.29) is 72.5 Å². The number of benzene rings is 2. The monoisotopic (exact) mass is 1040 g/mol. The summed E-state index contributed by atoms with van der Waals surface area (Å²) in [6, 6.07) is 13.0. The molecule has 11 atom stereocenters. The van der Waals surface area contributed by atoms with Crippen LogP contribution in [0.4, 0.5) is 15.3 Å². The molecule has 1 heterocycles. The van der Waals surface area contributed by atoms with E-state index in [1.807, 2.05) is 66.7 Å². The van der Waals surface area contributed by atoms with Crippen LogP contribution in [0.5, 0.6) is 0 Å². The predicted molar refractivity (Wildman–Crippen MR) is 285 cm³/mol. The molecule has 0 saturated carbocycles. The van der Waals surface area contributed by atoms with Crippen molar-refractivity contribution in [2.75, 3.05) is 46.7 Å². The highest BCUT2D eigenvalue weighted by molar-refractivity contribution is 5.93. The smallest absolute Gasteiger partial charge is 0.410 e. The summed E-state index contributed by atoms with van der Waals surface area (Å²) in [4.78, 5) is 99.2. The third kappa shape index (κ3) is 17.8. The van der Waals surface area contributed by atoms with E-state index < -0.39 is 66.4 Å². The Morgan fingerprint density at radius 1 is 0.824 bits per heavy atom. The van der Waals surface area contributed by atoms with Crippen LogP contribution in [0.2, 0.25) is 0 Å². The number of ether oxygens (including phenoxy) is 3. The lowest BCUT2D eigenvalue weighted by molar-refractivity contribution is -0.149. The average Bonchev–Trinajstić information content (AvgIpc) is 3.86. The predicted octanol–water partition coefficient (Wildman–Crippen LogP) is 7.08. The standard InChI is InChI=1S/C56H89N7O11/c1-14-36(7)49(46(72-12)32-47(65)63-30-20-24-44(63)51(73-13)37(8)52(67)59-38(9)50(66)41-21-17-16-18-22-41)61(10)54(69)43(34(3)4)31-45(64)48(35(5)6)62(11)56(71)74-33-39-25-27-42(28-26-39)60-53(68)40(15-2)23-19-29-58-55(57)70/h16-18,21-22,25-28,34-38,40,43-44,46,48-51,66H,14-15,19-20,23-24,29-33H2,1-13H3,(H,59,67)(H,60,68)(H3,57,58,70)/t36?,37-,38-,40+,43+,44+,46-,48+,49+,50-,51-/m1/s1. The summed E-state index contributed by atoms with van der Waals surface area (Å²) < 4.78 is 17.7. The largest absolute Gasteiger partial charge is 0.445 e. The van der Waals surface area contributed by atoms with E-state index in [1.54, 1.807) is 67.1 Å². The first kappa shape index (κ1) is 62.7. The van der Waals surface area contributed by atoms with Crippen LogP contribution in [-0.2, 0) is 44.8 Å². The normalized spacial score (nSPS) is 17.7. The Hall–Kier alpha value is -5.59. The molecule has 18 nitrogen and oxygen atoms in total. The van der Waals surface area contributed by atoms with Crippen molar-refractivity contribution in [2.24, 2.45) is 41.2 Å². The molecule has 0 aliphatic carbocycles. The van der Waals surface area contributed by atoms with Gasteiger partial charge >= 0.3 is 12.1 Å². The molecule has 74 heavy (non-hydrogen) atoms. The number of hydrogen-bond acceptors (Lipinski definition) is 11. The molecule has 1 unspecified atom stereocenters. The second kappa shape index (κ2) is 30.7. The van der Waals surface area contributed by atoms with Gasteiger partial charge in [0.1, 0.15) is 6.61 Å². The zero-order chi connectivity index (χ0) is 55.4. The number of carbonyl (C=O) groups excluding carboxylic acids is 7. The number of methoxy groups -OCH3 is 2. The van der Waals surface area contributed by atoms with E-state index in [1.165, 1.54) is 26.2 Å². The van der Waals surface area contributed by atoms with Crippen molar-refractivity contribution in [3.8, 4) is 0 Å². The number of ketones is 1. The molecule has 0 spiro atoms. The van der Waals surface area contributed by atoms with E-state index in [0.29, 0.717) is 68.4 Å².